The van der Waals surface area contributed by atoms with Crippen molar-refractivity contribution in [1.29, 1.82) is 5.41 Å². The van der Waals surface area contributed by atoms with Crippen molar-refractivity contribution in [3.8, 4) is 0 Å². The van der Waals surface area contributed by atoms with Crippen molar-refractivity contribution >= 4 is 34.8 Å². The van der Waals surface area contributed by atoms with Crippen molar-refractivity contribution in [2.45, 2.75) is 18.9 Å². The van der Waals surface area contributed by atoms with Crippen molar-refractivity contribution in [1.82, 2.24) is 15.2 Å². The Morgan fingerprint density at radius 3 is 3.00 bits per heavy atom. The third kappa shape index (κ3) is 4.95. The highest BCUT2D eigenvalue weighted by Crippen LogP contribution is 2.18. The lowest BCUT2D eigenvalue weighted by Gasteiger charge is -2.34. The zero-order valence-electron chi connectivity index (χ0n) is 15.6. The number of anilines is 2. The third-order valence-electron chi connectivity index (χ3n) is 4.70. The Labute approximate surface area is 168 Å². The molecule has 5 N–H and O–H groups in total. The van der Waals surface area contributed by atoms with Gasteiger partial charge < -0.3 is 25.8 Å². The van der Waals surface area contributed by atoms with Gasteiger partial charge >= 0.3 is 0 Å². The number of H-pyrrole nitrogens is 1. The van der Waals surface area contributed by atoms with Crippen molar-refractivity contribution in [3.05, 3.63) is 46.9 Å². The molecule has 0 saturated carbocycles. The molecule has 1 saturated heterocycles. The van der Waals surface area contributed by atoms with Crippen LogP contribution in [0.5, 0.6) is 0 Å². The summed E-state index contributed by atoms with van der Waals surface area (Å²) in [6.45, 7) is 1.25. The Hall–Kier alpha value is -2.74. The lowest BCUT2D eigenvalue weighted by atomic mass is 10.0. The van der Waals surface area contributed by atoms with E-state index >= 15 is 0 Å². The van der Waals surface area contributed by atoms with Gasteiger partial charge in [-0.2, -0.15) is 0 Å². The molecular weight excluding hydrogens is 383 g/mol. The highest BCUT2D eigenvalue weighted by Gasteiger charge is 2.24. The third-order valence-corrected chi connectivity index (χ3v) is 4.91. The molecule has 1 atom stereocenters. The second-order valence-electron chi connectivity index (χ2n) is 6.73. The average molecular weight is 407 g/mol. The molecule has 1 aliphatic heterocycles. The number of carbonyl (C=O) groups excluding carboxylic acids is 1. The molecule has 0 spiro atoms. The van der Waals surface area contributed by atoms with Crippen LogP contribution in [0.25, 0.3) is 0 Å². The molecular formula is C19H24ClFN6O. The van der Waals surface area contributed by atoms with Crippen LogP contribution in [0, 0.1) is 11.2 Å². The Balaban J connectivity index is 1.53. The maximum Gasteiger partial charge on any atom is 0.241 e. The zero-order valence-corrected chi connectivity index (χ0v) is 16.4. The van der Waals surface area contributed by atoms with Crippen molar-refractivity contribution in [3.63, 3.8) is 0 Å². The Morgan fingerprint density at radius 2 is 2.25 bits per heavy atom. The molecule has 1 amide bonds. The molecule has 0 radical (unpaired) electrons. The number of aromatic nitrogens is 1. The molecule has 1 aromatic heterocycles. The number of benzene rings is 1. The Kier molecular flexibility index (Phi) is 6.41. The van der Waals surface area contributed by atoms with Crippen LogP contribution in [0.15, 0.2) is 30.5 Å². The lowest BCUT2D eigenvalue weighted by molar-refractivity contribution is -0.130. The van der Waals surface area contributed by atoms with Crippen LogP contribution in [-0.4, -0.2) is 54.4 Å². The Bertz CT molecular complexity index is 834. The topological polar surface area (TPSA) is 96.0 Å². The quantitative estimate of drug-likeness (QED) is 0.376. The van der Waals surface area contributed by atoms with E-state index in [4.69, 9.17) is 17.0 Å². The lowest BCUT2D eigenvalue weighted by Crippen LogP contribution is -2.50. The van der Waals surface area contributed by atoms with Crippen LogP contribution in [0.1, 0.15) is 18.4 Å². The second-order valence-corrected chi connectivity index (χ2v) is 7.16. The number of aromatic amines is 1. The van der Waals surface area contributed by atoms with Crippen LogP contribution < -0.4 is 16.0 Å². The van der Waals surface area contributed by atoms with E-state index in [1.165, 1.54) is 12.1 Å². The van der Waals surface area contributed by atoms with E-state index in [0.29, 0.717) is 24.6 Å². The summed E-state index contributed by atoms with van der Waals surface area (Å²) in [5, 5.41) is 17.7. The average Bonchev–Trinajstić information content (AvgIpc) is 3.14. The fraction of sp³-hybridized carbons (Fsp3) is 0.368. The summed E-state index contributed by atoms with van der Waals surface area (Å²) in [4.78, 5) is 17.3. The van der Waals surface area contributed by atoms with Crippen LogP contribution in [-0.2, 0) is 4.79 Å². The maximum absolute atomic E-state index is 13.4. The number of piperidine rings is 1. The molecule has 1 aromatic carbocycles. The molecule has 0 unspecified atom stereocenters. The van der Waals surface area contributed by atoms with Gasteiger partial charge in [-0.1, -0.05) is 11.6 Å². The van der Waals surface area contributed by atoms with Gasteiger partial charge in [0, 0.05) is 43.1 Å². The van der Waals surface area contributed by atoms with Gasteiger partial charge in [-0.25, -0.2) is 4.39 Å². The van der Waals surface area contributed by atoms with Gasteiger partial charge in [0.1, 0.15) is 17.5 Å². The summed E-state index contributed by atoms with van der Waals surface area (Å²) in [6, 6.07) is 5.94. The number of hydrogen-bond donors (Lipinski definition) is 5. The first-order valence-corrected chi connectivity index (χ1v) is 9.52. The molecule has 28 heavy (non-hydrogen) atoms. The first-order valence-electron chi connectivity index (χ1n) is 9.14. The summed E-state index contributed by atoms with van der Waals surface area (Å²) in [7, 11) is 1.79. The van der Waals surface area contributed by atoms with Gasteiger partial charge in [0.15, 0.2) is 0 Å². The first kappa shape index (κ1) is 20.0. The molecule has 2 heterocycles. The summed E-state index contributed by atoms with van der Waals surface area (Å²) in [5.41, 5.74) is 1.23. The minimum Gasteiger partial charge on any atom is -0.376 e. The predicted molar refractivity (Wildman–Crippen MR) is 110 cm³/mol. The van der Waals surface area contributed by atoms with Gasteiger partial charge in [-0.3, -0.25) is 10.2 Å². The number of nitrogens with zero attached hydrogens (tertiary/aromatic N) is 1. The van der Waals surface area contributed by atoms with Gasteiger partial charge in [0.05, 0.1) is 12.1 Å². The largest absolute Gasteiger partial charge is 0.376 e. The van der Waals surface area contributed by atoms with Gasteiger partial charge in [-0.15, -0.1) is 0 Å². The minimum absolute atomic E-state index is 0.00780. The standard InChI is InChI=1S/C19H24ClFN6O/c1-23-19-16(4-5-24-19)18(22)26-14-3-2-6-27(11-14)17(28)10-25-15-8-12(20)7-13(21)9-15/h4-5,7-9,14,23-25H,2-3,6,10-11H2,1H3,(H2,22,26)/t14-/m0/s1. The molecule has 0 bridgehead atoms. The van der Waals surface area contributed by atoms with Crippen LogP contribution >= 0.6 is 11.6 Å². The maximum atomic E-state index is 13.4. The summed E-state index contributed by atoms with van der Waals surface area (Å²) in [5.74, 6) is 0.571. The van der Waals surface area contributed by atoms with E-state index < -0.39 is 5.82 Å². The highest BCUT2D eigenvalue weighted by molar-refractivity contribution is 6.30. The summed E-state index contributed by atoms with van der Waals surface area (Å²) in [6.07, 6.45) is 3.52. The number of amides is 1. The second kappa shape index (κ2) is 8.97. The van der Waals surface area contributed by atoms with E-state index in [9.17, 15) is 9.18 Å². The monoisotopic (exact) mass is 406 g/mol. The van der Waals surface area contributed by atoms with E-state index in [2.05, 4.69) is 20.9 Å². The predicted octanol–water partition coefficient (Wildman–Crippen LogP) is 2.87. The van der Waals surface area contributed by atoms with Crippen LogP contribution in [0.2, 0.25) is 5.02 Å². The molecule has 3 rings (SSSR count). The summed E-state index contributed by atoms with van der Waals surface area (Å²) >= 11 is 5.84. The molecule has 1 aliphatic rings. The van der Waals surface area contributed by atoms with Crippen LogP contribution in [0.4, 0.5) is 15.9 Å². The van der Waals surface area contributed by atoms with Crippen molar-refractivity contribution < 1.29 is 9.18 Å². The highest BCUT2D eigenvalue weighted by atomic mass is 35.5. The SMILES string of the molecule is CNc1[nH]ccc1C(=N)N[C@H]1CCCN(C(=O)CNc2cc(F)cc(Cl)c2)C1. The molecule has 7 nitrogen and oxygen atoms in total. The normalized spacial score (nSPS) is 16.5. The number of rotatable bonds is 6. The molecule has 0 aliphatic carbocycles. The number of carbonyl (C=O) groups is 1. The summed E-state index contributed by atoms with van der Waals surface area (Å²) < 4.78 is 13.4. The number of halogens is 2. The number of nitrogens with one attached hydrogen (secondary N) is 5. The van der Waals surface area contributed by atoms with E-state index in [0.717, 1.165) is 24.2 Å². The number of hydrogen-bond acceptors (Lipinski definition) is 4. The van der Waals surface area contributed by atoms with Crippen LogP contribution in [0.3, 0.4) is 0 Å². The smallest absolute Gasteiger partial charge is 0.241 e. The molecule has 1 fully saturated rings. The van der Waals surface area contributed by atoms with Crippen molar-refractivity contribution in [2.75, 3.05) is 37.3 Å². The van der Waals surface area contributed by atoms with E-state index in [-0.39, 0.29) is 23.5 Å². The first-order chi connectivity index (χ1) is 13.5. The fourth-order valence-electron chi connectivity index (χ4n) is 3.33. The molecule has 9 heteroatoms. The van der Waals surface area contributed by atoms with Crippen molar-refractivity contribution in [2.24, 2.45) is 0 Å². The zero-order chi connectivity index (χ0) is 20.1. The van der Waals surface area contributed by atoms with Gasteiger partial charge in [0.25, 0.3) is 0 Å². The number of amidine groups is 1. The minimum atomic E-state index is -0.450. The molecule has 150 valence electrons. The fourth-order valence-corrected chi connectivity index (χ4v) is 3.56. The van der Waals surface area contributed by atoms with E-state index in [1.807, 2.05) is 6.07 Å². The van der Waals surface area contributed by atoms with Gasteiger partial charge in [0.2, 0.25) is 5.91 Å². The molecule has 2 aromatic rings. The Morgan fingerprint density at radius 1 is 1.43 bits per heavy atom. The van der Waals surface area contributed by atoms with E-state index in [1.54, 1.807) is 24.2 Å². The van der Waals surface area contributed by atoms with Gasteiger partial charge in [-0.05, 0) is 37.1 Å². The number of likely N-dealkylation sites (tertiary alicyclic amines) is 1.